The number of anilines is 2. The van der Waals surface area contributed by atoms with Crippen LogP contribution < -0.4 is 15.4 Å². The first kappa shape index (κ1) is 27.5. The number of hydrogen-bond donors (Lipinski definition) is 2. The molecule has 0 aliphatic carbocycles. The largest absolute Gasteiger partial charge is 0.456 e. The van der Waals surface area contributed by atoms with Crippen LogP contribution in [-0.4, -0.2) is 24.4 Å². The smallest absolute Gasteiger partial charge is 0.306 e. The number of esters is 1. The Hall–Kier alpha value is -3.07. The minimum atomic E-state index is -0.646. The van der Waals surface area contributed by atoms with Gasteiger partial charge in [0.25, 0.3) is 5.91 Å². The maximum absolute atomic E-state index is 12.2. The summed E-state index contributed by atoms with van der Waals surface area (Å²) in [5, 5.41) is 6.29. The maximum Gasteiger partial charge on any atom is 0.306 e. The molecule has 0 aliphatic heterocycles. The molecule has 2 amide bonds. The first-order valence-electron chi connectivity index (χ1n) is 10.9. The molecule has 10 heteroatoms. The molecular weight excluding hydrogens is 571 g/mol. The van der Waals surface area contributed by atoms with E-state index in [-0.39, 0.29) is 18.7 Å². The molecule has 0 atom stereocenters. The molecule has 0 saturated heterocycles. The van der Waals surface area contributed by atoms with E-state index in [1.807, 2.05) is 19.9 Å². The zero-order valence-corrected chi connectivity index (χ0v) is 22.6. The molecule has 3 aromatic carbocycles. The van der Waals surface area contributed by atoms with Crippen molar-refractivity contribution >= 4 is 68.3 Å². The van der Waals surface area contributed by atoms with Crippen molar-refractivity contribution in [1.29, 1.82) is 0 Å². The van der Waals surface area contributed by atoms with Crippen molar-refractivity contribution in [3.05, 3.63) is 80.2 Å². The van der Waals surface area contributed by atoms with Crippen LogP contribution >= 0.6 is 39.1 Å². The Morgan fingerprint density at radius 1 is 0.861 bits per heavy atom. The van der Waals surface area contributed by atoms with Gasteiger partial charge in [-0.2, -0.15) is 0 Å². The number of carbonyl (C=O) groups excluding carboxylic acids is 3. The summed E-state index contributed by atoms with van der Waals surface area (Å²) >= 11 is 15.4. The maximum atomic E-state index is 12.2. The zero-order chi connectivity index (χ0) is 26.2. The van der Waals surface area contributed by atoms with Gasteiger partial charge < -0.3 is 20.1 Å². The lowest BCUT2D eigenvalue weighted by atomic mass is 10.1. The van der Waals surface area contributed by atoms with Gasteiger partial charge in [-0.3, -0.25) is 14.4 Å². The van der Waals surface area contributed by atoms with Gasteiger partial charge in [-0.05, 0) is 79.6 Å². The molecule has 0 unspecified atom stereocenters. The van der Waals surface area contributed by atoms with Crippen molar-refractivity contribution in [2.45, 2.75) is 26.7 Å². The molecule has 0 aromatic heterocycles. The third-order valence-corrected chi connectivity index (χ3v) is 6.56. The van der Waals surface area contributed by atoms with Crippen LogP contribution in [0.5, 0.6) is 11.5 Å². The minimum Gasteiger partial charge on any atom is -0.456 e. The van der Waals surface area contributed by atoms with Crippen LogP contribution in [0, 0.1) is 13.8 Å². The van der Waals surface area contributed by atoms with Crippen molar-refractivity contribution in [2.75, 3.05) is 17.2 Å². The van der Waals surface area contributed by atoms with E-state index >= 15 is 0 Å². The van der Waals surface area contributed by atoms with E-state index in [1.54, 1.807) is 48.5 Å². The van der Waals surface area contributed by atoms with Gasteiger partial charge in [0.2, 0.25) is 5.91 Å². The molecule has 0 bridgehead atoms. The van der Waals surface area contributed by atoms with Crippen molar-refractivity contribution in [1.82, 2.24) is 0 Å². The fraction of sp³-hybridized carbons (Fsp3) is 0.192. The number of ether oxygens (including phenoxy) is 2. The summed E-state index contributed by atoms with van der Waals surface area (Å²) in [4.78, 5) is 36.3. The molecule has 188 valence electrons. The van der Waals surface area contributed by atoms with E-state index in [4.69, 9.17) is 32.7 Å². The molecule has 0 aliphatic rings. The fourth-order valence-electron chi connectivity index (χ4n) is 3.06. The van der Waals surface area contributed by atoms with Gasteiger partial charge in [0.15, 0.2) is 6.61 Å². The van der Waals surface area contributed by atoms with Crippen LogP contribution in [0.2, 0.25) is 10.0 Å². The molecule has 3 aromatic rings. The highest BCUT2D eigenvalue weighted by Crippen LogP contribution is 2.32. The predicted molar refractivity (Wildman–Crippen MR) is 144 cm³/mol. The van der Waals surface area contributed by atoms with Gasteiger partial charge in [-0.1, -0.05) is 39.1 Å². The third-order valence-electron chi connectivity index (χ3n) is 5.18. The molecule has 7 nitrogen and oxygen atoms in total. The average molecular weight is 594 g/mol. The highest BCUT2D eigenvalue weighted by atomic mass is 79.9. The Morgan fingerprint density at radius 3 is 2.28 bits per heavy atom. The van der Waals surface area contributed by atoms with Gasteiger partial charge in [-0.15, -0.1) is 0 Å². The van der Waals surface area contributed by atoms with Gasteiger partial charge in [-0.25, -0.2) is 0 Å². The second-order valence-corrected chi connectivity index (χ2v) is 9.50. The topological polar surface area (TPSA) is 93.7 Å². The second-order valence-electron chi connectivity index (χ2n) is 7.80. The number of halogens is 3. The average Bonchev–Trinajstić information content (AvgIpc) is 2.84. The van der Waals surface area contributed by atoms with Gasteiger partial charge in [0, 0.05) is 27.3 Å². The number of benzene rings is 3. The minimum absolute atomic E-state index is 0.0932. The fourth-order valence-corrected chi connectivity index (χ4v) is 3.93. The SMILES string of the molecule is Cc1c(Br)ccc(NC(=O)COC(=O)CCC(=O)Nc2ccc(Oc3ccc(Cl)cc3Cl)cc2)c1C. The normalized spacial score (nSPS) is 10.5. The molecule has 0 heterocycles. The number of nitrogens with one attached hydrogen (secondary N) is 2. The highest BCUT2D eigenvalue weighted by molar-refractivity contribution is 9.10. The Labute approximate surface area is 227 Å². The molecule has 36 heavy (non-hydrogen) atoms. The molecular formula is C26H23BrCl2N2O5. The van der Waals surface area contributed by atoms with E-state index in [0.29, 0.717) is 32.9 Å². The van der Waals surface area contributed by atoms with Crippen molar-refractivity contribution in [3.8, 4) is 11.5 Å². The number of hydrogen-bond acceptors (Lipinski definition) is 5. The molecule has 0 spiro atoms. The van der Waals surface area contributed by atoms with Crippen LogP contribution in [0.25, 0.3) is 0 Å². The van der Waals surface area contributed by atoms with Gasteiger partial charge >= 0.3 is 5.97 Å². The Kier molecular flexibility index (Phi) is 9.75. The van der Waals surface area contributed by atoms with Crippen LogP contribution in [0.4, 0.5) is 11.4 Å². The lowest BCUT2D eigenvalue weighted by Gasteiger charge is -2.12. The molecule has 2 N–H and O–H groups in total. The molecule has 3 rings (SSSR count). The zero-order valence-electron chi connectivity index (χ0n) is 19.5. The lowest BCUT2D eigenvalue weighted by Crippen LogP contribution is -2.22. The Morgan fingerprint density at radius 2 is 1.58 bits per heavy atom. The highest BCUT2D eigenvalue weighted by Gasteiger charge is 2.13. The van der Waals surface area contributed by atoms with Crippen molar-refractivity contribution < 1.29 is 23.9 Å². The van der Waals surface area contributed by atoms with Crippen LogP contribution in [0.3, 0.4) is 0 Å². The summed E-state index contributed by atoms with van der Waals surface area (Å²) in [6, 6.07) is 15.2. The summed E-state index contributed by atoms with van der Waals surface area (Å²) in [5.74, 6) is -0.501. The number of carbonyl (C=O) groups is 3. The van der Waals surface area contributed by atoms with E-state index in [9.17, 15) is 14.4 Å². The van der Waals surface area contributed by atoms with Crippen LogP contribution in [0.1, 0.15) is 24.0 Å². The van der Waals surface area contributed by atoms with Crippen LogP contribution in [-0.2, 0) is 19.1 Å². The monoisotopic (exact) mass is 592 g/mol. The van der Waals surface area contributed by atoms with Crippen molar-refractivity contribution in [3.63, 3.8) is 0 Å². The summed E-state index contributed by atoms with van der Waals surface area (Å²) in [6.07, 6.45) is -0.254. The van der Waals surface area contributed by atoms with E-state index < -0.39 is 18.5 Å². The number of amides is 2. The van der Waals surface area contributed by atoms with Gasteiger partial charge in [0.05, 0.1) is 11.4 Å². The second kappa shape index (κ2) is 12.8. The predicted octanol–water partition coefficient (Wildman–Crippen LogP) is 7.07. The summed E-state index contributed by atoms with van der Waals surface area (Å²) < 4.78 is 11.6. The Balaban J connectivity index is 1.40. The van der Waals surface area contributed by atoms with Crippen molar-refractivity contribution in [2.24, 2.45) is 0 Å². The summed E-state index contributed by atoms with van der Waals surface area (Å²) in [6.45, 7) is 3.38. The van der Waals surface area contributed by atoms with Gasteiger partial charge in [0.1, 0.15) is 11.5 Å². The van der Waals surface area contributed by atoms with Crippen LogP contribution in [0.15, 0.2) is 59.1 Å². The lowest BCUT2D eigenvalue weighted by molar-refractivity contribution is -0.147. The van der Waals surface area contributed by atoms with E-state index in [0.717, 1.165) is 15.6 Å². The Bertz CT molecular complexity index is 1280. The van der Waals surface area contributed by atoms with E-state index in [1.165, 1.54) is 0 Å². The quantitative estimate of drug-likeness (QED) is 0.259. The first-order valence-corrected chi connectivity index (χ1v) is 12.4. The molecule has 0 saturated carbocycles. The summed E-state index contributed by atoms with van der Waals surface area (Å²) in [5.41, 5.74) is 3.09. The first-order chi connectivity index (χ1) is 17.1. The number of rotatable bonds is 9. The standard InChI is InChI=1S/C26H23BrCl2N2O5/c1-15-16(2)22(9-8-20(15)27)31-25(33)14-35-26(34)12-11-24(32)30-18-4-6-19(7-5-18)36-23-10-3-17(28)13-21(23)29/h3-10,13H,11-12,14H2,1-2H3,(H,30,32)(H,31,33). The van der Waals surface area contributed by atoms with E-state index in [2.05, 4.69) is 26.6 Å². The summed E-state index contributed by atoms with van der Waals surface area (Å²) in [7, 11) is 0. The molecule has 0 fully saturated rings. The third kappa shape index (κ3) is 7.98. The molecule has 0 radical (unpaired) electrons.